The first-order valence-corrected chi connectivity index (χ1v) is 7.91. The largest absolute Gasteiger partial charge is 0.371 e. The van der Waals surface area contributed by atoms with Crippen LogP contribution in [-0.4, -0.2) is 25.0 Å². The van der Waals surface area contributed by atoms with Crippen molar-refractivity contribution < 1.29 is 14.3 Å². The number of benzene rings is 1. The molecule has 1 aliphatic carbocycles. The number of aryl methyl sites for hydroxylation is 1. The molecular formula is C17H22N2O3. The minimum Gasteiger partial charge on any atom is -0.371 e. The first kappa shape index (κ1) is 15.0. The molecule has 118 valence electrons. The summed E-state index contributed by atoms with van der Waals surface area (Å²) in [6.45, 7) is 2.78. The van der Waals surface area contributed by atoms with Crippen LogP contribution in [0.2, 0.25) is 0 Å². The molecule has 2 aliphatic rings. The van der Waals surface area contributed by atoms with Gasteiger partial charge in [-0.25, -0.2) is 0 Å². The van der Waals surface area contributed by atoms with Crippen molar-refractivity contribution in [3.05, 3.63) is 29.3 Å². The third kappa shape index (κ3) is 3.85. The lowest BCUT2D eigenvalue weighted by molar-refractivity contribution is -0.126. The monoisotopic (exact) mass is 302 g/mol. The normalized spacial score (nSPS) is 18.3. The van der Waals surface area contributed by atoms with E-state index in [-0.39, 0.29) is 24.5 Å². The van der Waals surface area contributed by atoms with Crippen LogP contribution in [0.3, 0.4) is 0 Å². The van der Waals surface area contributed by atoms with Crippen molar-refractivity contribution in [2.24, 2.45) is 5.92 Å². The second-order valence-corrected chi connectivity index (χ2v) is 6.21. The van der Waals surface area contributed by atoms with Crippen LogP contribution in [0.5, 0.6) is 0 Å². The lowest BCUT2D eigenvalue weighted by atomic mass is 9.98. The Balaban J connectivity index is 1.53. The number of carbonyl (C=O) groups excluding carboxylic acids is 2. The third-order valence-corrected chi connectivity index (χ3v) is 4.19. The zero-order chi connectivity index (χ0) is 15.5. The Hall–Kier alpha value is -1.88. The molecule has 1 aromatic carbocycles. The highest BCUT2D eigenvalue weighted by molar-refractivity contribution is 5.93. The Morgan fingerprint density at radius 1 is 1.41 bits per heavy atom. The number of carbonyl (C=O) groups is 2. The van der Waals surface area contributed by atoms with E-state index in [9.17, 15) is 9.59 Å². The van der Waals surface area contributed by atoms with E-state index in [0.29, 0.717) is 18.9 Å². The summed E-state index contributed by atoms with van der Waals surface area (Å²) >= 11 is 0. The fourth-order valence-corrected chi connectivity index (χ4v) is 2.64. The number of fused-ring (bicyclic) bond motifs is 1. The molecular weight excluding hydrogens is 280 g/mol. The lowest BCUT2D eigenvalue weighted by Crippen LogP contribution is -2.30. The molecule has 0 bridgehead atoms. The summed E-state index contributed by atoms with van der Waals surface area (Å²) in [6.07, 6.45) is 3.72. The fourth-order valence-electron chi connectivity index (χ4n) is 2.64. The number of anilines is 1. The average molecular weight is 302 g/mol. The Labute approximate surface area is 130 Å². The van der Waals surface area contributed by atoms with Gasteiger partial charge < -0.3 is 15.4 Å². The summed E-state index contributed by atoms with van der Waals surface area (Å²) in [5.74, 6) is 0.648. The maximum atomic E-state index is 11.9. The summed E-state index contributed by atoms with van der Waals surface area (Å²) in [5, 5.41) is 5.82. The van der Waals surface area contributed by atoms with E-state index >= 15 is 0 Å². The molecule has 1 aliphatic heterocycles. The van der Waals surface area contributed by atoms with Crippen molar-refractivity contribution in [1.82, 2.24) is 5.32 Å². The minimum atomic E-state index is -0.0841. The SMILES string of the molecule is CC(NC(=O)COCC1CC1)c1ccc2c(c1)CCC(=O)N2. The van der Waals surface area contributed by atoms with E-state index < -0.39 is 0 Å². The molecule has 0 radical (unpaired) electrons. The zero-order valence-electron chi connectivity index (χ0n) is 12.9. The summed E-state index contributed by atoms with van der Waals surface area (Å²) in [4.78, 5) is 23.2. The van der Waals surface area contributed by atoms with Gasteiger partial charge in [0.1, 0.15) is 6.61 Å². The van der Waals surface area contributed by atoms with Gasteiger partial charge in [-0.15, -0.1) is 0 Å². The molecule has 0 saturated heterocycles. The van der Waals surface area contributed by atoms with Gasteiger partial charge in [-0.1, -0.05) is 12.1 Å². The van der Waals surface area contributed by atoms with E-state index in [1.54, 1.807) is 0 Å². The molecule has 5 heteroatoms. The van der Waals surface area contributed by atoms with Crippen molar-refractivity contribution in [1.29, 1.82) is 0 Å². The molecule has 1 heterocycles. The summed E-state index contributed by atoms with van der Waals surface area (Å²) in [5.41, 5.74) is 3.06. The second kappa shape index (κ2) is 6.48. The smallest absolute Gasteiger partial charge is 0.246 e. The Bertz CT molecular complexity index is 581. The van der Waals surface area contributed by atoms with Crippen molar-refractivity contribution in [3.63, 3.8) is 0 Å². The third-order valence-electron chi connectivity index (χ3n) is 4.19. The van der Waals surface area contributed by atoms with Gasteiger partial charge in [-0.2, -0.15) is 0 Å². The molecule has 2 amide bonds. The van der Waals surface area contributed by atoms with Gasteiger partial charge in [-0.3, -0.25) is 9.59 Å². The minimum absolute atomic E-state index is 0.0643. The molecule has 5 nitrogen and oxygen atoms in total. The van der Waals surface area contributed by atoms with Crippen LogP contribution >= 0.6 is 0 Å². The molecule has 1 aromatic rings. The Morgan fingerprint density at radius 2 is 2.23 bits per heavy atom. The van der Waals surface area contributed by atoms with Crippen LogP contribution < -0.4 is 10.6 Å². The quantitative estimate of drug-likeness (QED) is 0.846. The molecule has 1 saturated carbocycles. The lowest BCUT2D eigenvalue weighted by Gasteiger charge is -2.20. The first-order valence-electron chi connectivity index (χ1n) is 7.91. The molecule has 0 aromatic heterocycles. The molecule has 2 N–H and O–H groups in total. The van der Waals surface area contributed by atoms with E-state index in [1.165, 1.54) is 12.8 Å². The van der Waals surface area contributed by atoms with Crippen molar-refractivity contribution >= 4 is 17.5 Å². The van der Waals surface area contributed by atoms with Gasteiger partial charge in [0, 0.05) is 12.1 Å². The van der Waals surface area contributed by atoms with Crippen LogP contribution in [0.15, 0.2) is 18.2 Å². The maximum Gasteiger partial charge on any atom is 0.246 e. The maximum absolute atomic E-state index is 11.9. The predicted octanol–water partition coefficient (Wildman–Crippen LogP) is 2.18. The zero-order valence-corrected chi connectivity index (χ0v) is 12.9. The van der Waals surface area contributed by atoms with Gasteiger partial charge in [0.25, 0.3) is 0 Å². The highest BCUT2D eigenvalue weighted by atomic mass is 16.5. The molecule has 1 fully saturated rings. The Morgan fingerprint density at radius 3 is 3.00 bits per heavy atom. The molecule has 0 spiro atoms. The summed E-state index contributed by atoms with van der Waals surface area (Å²) in [6, 6.07) is 5.85. The number of ether oxygens (including phenoxy) is 1. The number of hydrogen-bond acceptors (Lipinski definition) is 3. The number of hydrogen-bond donors (Lipinski definition) is 2. The molecule has 22 heavy (non-hydrogen) atoms. The number of amides is 2. The van der Waals surface area contributed by atoms with Crippen molar-refractivity contribution in [2.45, 2.75) is 38.6 Å². The van der Waals surface area contributed by atoms with Crippen molar-refractivity contribution in [2.75, 3.05) is 18.5 Å². The van der Waals surface area contributed by atoms with Gasteiger partial charge in [0.15, 0.2) is 0 Å². The number of nitrogens with one attached hydrogen (secondary N) is 2. The fraction of sp³-hybridized carbons (Fsp3) is 0.529. The van der Waals surface area contributed by atoms with Crippen LogP contribution in [-0.2, 0) is 20.7 Å². The highest BCUT2D eigenvalue weighted by Crippen LogP contribution is 2.29. The standard InChI is InChI=1S/C17H22N2O3/c1-11(18-17(21)10-22-9-12-2-3-12)13-4-6-15-14(8-13)5-7-16(20)19-15/h4,6,8,11-12H,2-3,5,7,9-10H2,1H3,(H,18,21)(H,19,20). The molecule has 1 unspecified atom stereocenters. The average Bonchev–Trinajstić information content (AvgIpc) is 3.30. The van der Waals surface area contributed by atoms with Gasteiger partial charge >= 0.3 is 0 Å². The molecule has 1 atom stereocenters. The number of rotatable bonds is 6. The van der Waals surface area contributed by atoms with Crippen molar-refractivity contribution in [3.8, 4) is 0 Å². The Kier molecular flexibility index (Phi) is 4.43. The van der Waals surface area contributed by atoms with Crippen LogP contribution in [0.1, 0.15) is 43.4 Å². The van der Waals surface area contributed by atoms with Gasteiger partial charge in [0.2, 0.25) is 11.8 Å². The van der Waals surface area contributed by atoms with Gasteiger partial charge in [0.05, 0.1) is 12.6 Å². The second-order valence-electron chi connectivity index (χ2n) is 6.21. The van der Waals surface area contributed by atoms with E-state index in [4.69, 9.17) is 4.74 Å². The van der Waals surface area contributed by atoms with Crippen LogP contribution in [0.4, 0.5) is 5.69 Å². The van der Waals surface area contributed by atoms with E-state index in [1.807, 2.05) is 19.1 Å². The first-order chi connectivity index (χ1) is 10.6. The van der Waals surface area contributed by atoms with E-state index in [2.05, 4.69) is 16.7 Å². The highest BCUT2D eigenvalue weighted by Gasteiger charge is 2.22. The van der Waals surface area contributed by atoms with Crippen LogP contribution in [0.25, 0.3) is 0 Å². The summed E-state index contributed by atoms with van der Waals surface area (Å²) < 4.78 is 5.40. The van der Waals surface area contributed by atoms with Gasteiger partial charge in [-0.05, 0) is 49.3 Å². The molecule has 3 rings (SSSR count). The van der Waals surface area contributed by atoms with E-state index in [0.717, 1.165) is 23.2 Å². The summed E-state index contributed by atoms with van der Waals surface area (Å²) in [7, 11) is 0. The topological polar surface area (TPSA) is 67.4 Å². The van der Waals surface area contributed by atoms with Crippen LogP contribution in [0, 0.1) is 5.92 Å². The predicted molar refractivity (Wildman–Crippen MR) is 83.5 cm³/mol.